The molecule has 0 aliphatic heterocycles. The van der Waals surface area contributed by atoms with Gasteiger partial charge in [0.2, 0.25) is 0 Å². The molecule has 0 spiro atoms. The molecule has 0 aliphatic rings. The Morgan fingerprint density at radius 3 is 2.95 bits per heavy atom. The standard InChI is InChI=1S/C13H12N4S2/c1-9-6-12(19-17-9)10-4-3-5-11(7-10)16-13(18-2)15-8-14/h3-7H,1-2H3,(H,15,16). The number of nitriles is 1. The second-order valence-corrected chi connectivity index (χ2v) is 5.34. The molecule has 1 aromatic heterocycles. The number of hydrogen-bond acceptors (Lipinski definition) is 5. The summed E-state index contributed by atoms with van der Waals surface area (Å²) in [4.78, 5) is 5.51. The van der Waals surface area contributed by atoms with E-state index in [0.717, 1.165) is 21.8 Å². The summed E-state index contributed by atoms with van der Waals surface area (Å²) >= 11 is 2.88. The van der Waals surface area contributed by atoms with Crippen molar-refractivity contribution in [1.82, 2.24) is 9.69 Å². The number of amidine groups is 1. The van der Waals surface area contributed by atoms with Crippen molar-refractivity contribution in [1.29, 1.82) is 5.26 Å². The minimum atomic E-state index is 0.583. The second-order valence-electron chi connectivity index (χ2n) is 3.74. The molecular weight excluding hydrogens is 276 g/mol. The van der Waals surface area contributed by atoms with Crippen molar-refractivity contribution in [2.24, 2.45) is 4.99 Å². The Bertz CT molecular complexity index is 640. The molecule has 0 aliphatic carbocycles. The molecule has 0 saturated heterocycles. The summed E-state index contributed by atoms with van der Waals surface area (Å²) < 4.78 is 4.28. The number of hydrogen-bond donors (Lipinski definition) is 1. The smallest absolute Gasteiger partial charge is 0.183 e. The van der Waals surface area contributed by atoms with E-state index in [1.807, 2.05) is 43.6 Å². The maximum Gasteiger partial charge on any atom is 0.183 e. The lowest BCUT2D eigenvalue weighted by atomic mass is 10.1. The monoisotopic (exact) mass is 288 g/mol. The van der Waals surface area contributed by atoms with Crippen LogP contribution in [0.4, 0.5) is 5.69 Å². The Kier molecular flexibility index (Phi) is 4.55. The number of thioether (sulfide) groups is 1. The van der Waals surface area contributed by atoms with E-state index in [1.54, 1.807) is 0 Å². The zero-order valence-corrected chi connectivity index (χ0v) is 12.2. The lowest BCUT2D eigenvalue weighted by molar-refractivity contribution is 1.28. The molecule has 0 saturated carbocycles. The molecule has 6 heteroatoms. The number of aromatic nitrogens is 1. The first-order valence-corrected chi connectivity index (χ1v) is 7.54. The van der Waals surface area contributed by atoms with Gasteiger partial charge in [-0.15, -0.1) is 0 Å². The summed E-state index contributed by atoms with van der Waals surface area (Å²) in [6.07, 6.45) is 3.75. The molecular formula is C13H12N4S2. The Balaban J connectivity index is 2.32. The van der Waals surface area contributed by atoms with Gasteiger partial charge in [0.1, 0.15) is 0 Å². The zero-order chi connectivity index (χ0) is 13.7. The predicted molar refractivity (Wildman–Crippen MR) is 81.6 cm³/mol. The van der Waals surface area contributed by atoms with Gasteiger partial charge in [-0.25, -0.2) is 4.99 Å². The molecule has 0 amide bonds. The van der Waals surface area contributed by atoms with Crippen LogP contribution in [0, 0.1) is 18.4 Å². The van der Waals surface area contributed by atoms with Gasteiger partial charge in [-0.3, -0.25) is 5.32 Å². The van der Waals surface area contributed by atoms with E-state index < -0.39 is 0 Å². The Labute approximate surface area is 120 Å². The number of nitrogens with zero attached hydrogens (tertiary/aromatic N) is 3. The first-order chi connectivity index (χ1) is 9.22. The highest BCUT2D eigenvalue weighted by atomic mass is 32.2. The number of aryl methyl sites for hydroxylation is 1. The van der Waals surface area contributed by atoms with Gasteiger partial charge >= 0.3 is 0 Å². The SMILES string of the molecule is CSC(=Nc1cccc(-c2cc(C)ns2)c1)NC#N. The quantitative estimate of drug-likeness (QED) is 0.397. The van der Waals surface area contributed by atoms with Crippen LogP contribution in [0.15, 0.2) is 35.3 Å². The molecule has 2 aromatic rings. The van der Waals surface area contributed by atoms with E-state index in [0.29, 0.717) is 5.17 Å². The first kappa shape index (κ1) is 13.6. The molecule has 4 nitrogen and oxygen atoms in total. The zero-order valence-electron chi connectivity index (χ0n) is 10.5. The van der Waals surface area contributed by atoms with Crippen LogP contribution in [0.1, 0.15) is 5.69 Å². The van der Waals surface area contributed by atoms with Gasteiger partial charge in [0.05, 0.1) is 16.3 Å². The van der Waals surface area contributed by atoms with Crippen LogP contribution in [0.2, 0.25) is 0 Å². The highest BCUT2D eigenvalue weighted by Gasteiger charge is 2.03. The molecule has 1 heterocycles. The van der Waals surface area contributed by atoms with E-state index in [2.05, 4.69) is 20.7 Å². The van der Waals surface area contributed by atoms with E-state index in [9.17, 15) is 0 Å². The van der Waals surface area contributed by atoms with Crippen LogP contribution >= 0.6 is 23.3 Å². The fourth-order valence-corrected chi connectivity index (χ4v) is 2.61. The maximum atomic E-state index is 8.62. The van der Waals surface area contributed by atoms with Crippen molar-refractivity contribution in [2.45, 2.75) is 6.92 Å². The largest absolute Gasteiger partial charge is 0.271 e. The van der Waals surface area contributed by atoms with E-state index in [4.69, 9.17) is 5.26 Å². The minimum Gasteiger partial charge on any atom is -0.271 e. The van der Waals surface area contributed by atoms with Crippen LogP contribution in [0.3, 0.4) is 0 Å². The molecule has 1 N–H and O–H groups in total. The molecule has 19 heavy (non-hydrogen) atoms. The molecule has 1 aromatic carbocycles. The summed E-state index contributed by atoms with van der Waals surface area (Å²) in [7, 11) is 0. The fourth-order valence-electron chi connectivity index (χ4n) is 1.52. The molecule has 0 atom stereocenters. The van der Waals surface area contributed by atoms with Gasteiger partial charge in [-0.2, -0.15) is 9.64 Å². The molecule has 0 radical (unpaired) electrons. The van der Waals surface area contributed by atoms with Crippen molar-refractivity contribution in [3.05, 3.63) is 36.0 Å². The fraction of sp³-hybridized carbons (Fsp3) is 0.154. The summed E-state index contributed by atoms with van der Waals surface area (Å²) in [5.74, 6) is 0. The molecule has 2 rings (SSSR count). The van der Waals surface area contributed by atoms with Crippen molar-refractivity contribution < 1.29 is 0 Å². The summed E-state index contributed by atoms with van der Waals surface area (Å²) in [6, 6.07) is 9.93. The predicted octanol–water partition coefficient (Wildman–Crippen LogP) is 3.54. The lowest BCUT2D eigenvalue weighted by Gasteiger charge is -2.01. The third kappa shape index (κ3) is 3.56. The van der Waals surface area contributed by atoms with Gasteiger partial charge in [-0.1, -0.05) is 23.9 Å². The van der Waals surface area contributed by atoms with Crippen molar-refractivity contribution in [3.63, 3.8) is 0 Å². The number of nitrogens with one attached hydrogen (secondary N) is 1. The van der Waals surface area contributed by atoms with Crippen LogP contribution in [0.5, 0.6) is 0 Å². The van der Waals surface area contributed by atoms with Gasteiger partial charge in [0.15, 0.2) is 11.4 Å². The highest BCUT2D eigenvalue weighted by molar-refractivity contribution is 8.13. The average molecular weight is 288 g/mol. The molecule has 0 unspecified atom stereocenters. The minimum absolute atomic E-state index is 0.583. The first-order valence-electron chi connectivity index (χ1n) is 5.54. The van der Waals surface area contributed by atoms with Gasteiger partial charge < -0.3 is 0 Å². The number of rotatable bonds is 2. The van der Waals surface area contributed by atoms with E-state index >= 15 is 0 Å². The summed E-state index contributed by atoms with van der Waals surface area (Å²) in [6.45, 7) is 1.98. The molecule has 0 bridgehead atoms. The van der Waals surface area contributed by atoms with Crippen molar-refractivity contribution in [2.75, 3.05) is 6.26 Å². The van der Waals surface area contributed by atoms with Gasteiger partial charge in [0.25, 0.3) is 0 Å². The van der Waals surface area contributed by atoms with Crippen LogP contribution in [-0.2, 0) is 0 Å². The number of benzene rings is 1. The average Bonchev–Trinajstić information content (AvgIpc) is 2.85. The Morgan fingerprint density at radius 2 is 2.32 bits per heavy atom. The van der Waals surface area contributed by atoms with Crippen LogP contribution in [0.25, 0.3) is 10.4 Å². The normalized spacial score (nSPS) is 11.1. The highest BCUT2D eigenvalue weighted by Crippen LogP contribution is 2.28. The molecule has 96 valence electrons. The van der Waals surface area contributed by atoms with Gasteiger partial charge in [-0.05, 0) is 48.5 Å². The number of aliphatic imine (C=N–C) groups is 1. The summed E-state index contributed by atoms with van der Waals surface area (Å²) in [5.41, 5.74) is 2.92. The Morgan fingerprint density at radius 1 is 1.47 bits per heavy atom. The third-order valence-corrected chi connectivity index (χ3v) is 3.86. The second kappa shape index (κ2) is 6.36. The van der Waals surface area contributed by atoms with Crippen LogP contribution < -0.4 is 5.32 Å². The maximum absolute atomic E-state index is 8.62. The topological polar surface area (TPSA) is 61.1 Å². The molecule has 0 fully saturated rings. The third-order valence-electron chi connectivity index (χ3n) is 2.35. The van der Waals surface area contributed by atoms with E-state index in [-0.39, 0.29) is 0 Å². The van der Waals surface area contributed by atoms with Crippen LogP contribution in [-0.4, -0.2) is 15.8 Å². The lowest BCUT2D eigenvalue weighted by Crippen LogP contribution is -2.12. The Hall–Kier alpha value is -1.84. The van der Waals surface area contributed by atoms with Crippen molar-refractivity contribution in [3.8, 4) is 16.6 Å². The summed E-state index contributed by atoms with van der Waals surface area (Å²) in [5, 5.41) is 11.8. The van der Waals surface area contributed by atoms with Crippen molar-refractivity contribution >= 4 is 34.1 Å². The van der Waals surface area contributed by atoms with E-state index in [1.165, 1.54) is 23.3 Å². The van der Waals surface area contributed by atoms with Gasteiger partial charge in [0, 0.05) is 0 Å².